The van der Waals surface area contributed by atoms with Crippen molar-refractivity contribution < 1.29 is 4.74 Å². The van der Waals surface area contributed by atoms with Crippen LogP contribution in [-0.2, 0) is 0 Å². The van der Waals surface area contributed by atoms with E-state index in [2.05, 4.69) is 9.97 Å². The van der Waals surface area contributed by atoms with Crippen LogP contribution in [0.2, 0.25) is 10.3 Å². The molecule has 1 aliphatic rings. The van der Waals surface area contributed by atoms with Crippen LogP contribution in [0.4, 0.5) is 0 Å². The lowest BCUT2D eigenvalue weighted by Crippen LogP contribution is -2.17. The van der Waals surface area contributed by atoms with E-state index in [0.717, 1.165) is 17.7 Å². The number of aromatic nitrogens is 2. The lowest BCUT2D eigenvalue weighted by molar-refractivity contribution is 0.274. The summed E-state index contributed by atoms with van der Waals surface area (Å²) in [4.78, 5) is 8.73. The predicted octanol–water partition coefficient (Wildman–Crippen LogP) is 4.30. The van der Waals surface area contributed by atoms with E-state index >= 15 is 0 Å². The van der Waals surface area contributed by atoms with Gasteiger partial charge < -0.3 is 4.74 Å². The molecule has 0 saturated carbocycles. The Morgan fingerprint density at radius 1 is 1.16 bits per heavy atom. The van der Waals surface area contributed by atoms with Gasteiger partial charge in [-0.2, -0.15) is 0 Å². The monoisotopic (exact) mass is 406 g/mol. The first-order valence-electron chi connectivity index (χ1n) is 5.77. The highest BCUT2D eigenvalue weighted by Gasteiger charge is 2.26. The second kappa shape index (κ2) is 5.42. The third-order valence-corrected chi connectivity index (χ3v) is 5.26. The molecule has 0 radical (unpaired) electrons. The lowest BCUT2D eigenvalue weighted by atomic mass is 9.92. The van der Waals surface area contributed by atoms with E-state index in [0.29, 0.717) is 26.3 Å². The van der Waals surface area contributed by atoms with E-state index < -0.39 is 0 Å². The summed E-state index contributed by atoms with van der Waals surface area (Å²) in [5.74, 6) is 1.62. The molecule has 3 nitrogen and oxygen atoms in total. The maximum Gasteiger partial charge on any atom is 0.147 e. The van der Waals surface area contributed by atoms with Crippen LogP contribution in [0.5, 0.6) is 5.75 Å². The molecule has 1 atom stereocenters. The van der Waals surface area contributed by atoms with E-state index in [1.807, 2.05) is 46.9 Å². The largest absolute Gasteiger partial charge is 0.493 e. The summed E-state index contributed by atoms with van der Waals surface area (Å²) in [7, 11) is 0. The molecule has 0 bridgehead atoms. The minimum Gasteiger partial charge on any atom is -0.493 e. The zero-order valence-electron chi connectivity index (χ0n) is 9.74. The third-order valence-electron chi connectivity index (χ3n) is 3.06. The van der Waals surface area contributed by atoms with Crippen LogP contribution >= 0.6 is 45.8 Å². The Morgan fingerprint density at radius 3 is 2.58 bits per heavy atom. The van der Waals surface area contributed by atoms with E-state index in [1.165, 1.54) is 0 Å². The second-order valence-electron chi connectivity index (χ2n) is 4.20. The van der Waals surface area contributed by atoms with Crippen LogP contribution in [0.1, 0.15) is 23.7 Å². The van der Waals surface area contributed by atoms with E-state index in [-0.39, 0.29) is 5.92 Å². The first kappa shape index (κ1) is 13.4. The van der Waals surface area contributed by atoms with Gasteiger partial charge in [0.2, 0.25) is 0 Å². The van der Waals surface area contributed by atoms with Crippen LogP contribution in [-0.4, -0.2) is 16.6 Å². The fourth-order valence-electron chi connectivity index (χ4n) is 2.18. The Hall–Kier alpha value is -0.590. The molecule has 2 heterocycles. The summed E-state index contributed by atoms with van der Waals surface area (Å²) in [6.45, 7) is 0.645. The molecule has 0 aliphatic carbocycles. The van der Waals surface area contributed by atoms with Gasteiger partial charge in [-0.3, -0.25) is 0 Å². The summed E-state index contributed by atoms with van der Waals surface area (Å²) in [6, 6.07) is 7.92. The SMILES string of the molecule is Clc1nc(C2CCOc3ccccc32)nc(Cl)c1I. The number of rotatable bonds is 1. The van der Waals surface area contributed by atoms with Gasteiger partial charge in [-0.1, -0.05) is 41.4 Å². The van der Waals surface area contributed by atoms with E-state index in [1.54, 1.807) is 0 Å². The molecule has 1 aromatic carbocycles. The number of nitrogens with zero attached hydrogens (tertiary/aromatic N) is 2. The Kier molecular flexibility index (Phi) is 3.82. The summed E-state index contributed by atoms with van der Waals surface area (Å²) in [6.07, 6.45) is 0.824. The number of benzene rings is 1. The summed E-state index contributed by atoms with van der Waals surface area (Å²) in [5, 5.41) is 0.805. The van der Waals surface area contributed by atoms with Crippen molar-refractivity contribution in [1.82, 2.24) is 9.97 Å². The highest BCUT2D eigenvalue weighted by Crippen LogP contribution is 2.37. The quantitative estimate of drug-likeness (QED) is 0.523. The number of hydrogen-bond donors (Lipinski definition) is 0. The van der Waals surface area contributed by atoms with Crippen molar-refractivity contribution in [1.29, 1.82) is 0 Å². The average molecular weight is 407 g/mol. The second-order valence-corrected chi connectivity index (χ2v) is 6.00. The van der Waals surface area contributed by atoms with Gasteiger partial charge in [0.05, 0.1) is 16.1 Å². The maximum atomic E-state index is 6.09. The van der Waals surface area contributed by atoms with Gasteiger partial charge in [-0.05, 0) is 35.1 Å². The van der Waals surface area contributed by atoms with Crippen LogP contribution in [0.15, 0.2) is 24.3 Å². The molecule has 0 amide bonds. The van der Waals surface area contributed by atoms with Crippen molar-refractivity contribution in [3.8, 4) is 5.75 Å². The molecule has 2 aromatic rings. The predicted molar refractivity (Wildman–Crippen MR) is 83.2 cm³/mol. The van der Waals surface area contributed by atoms with Crippen LogP contribution in [0.25, 0.3) is 0 Å². The molecule has 1 aliphatic heterocycles. The zero-order valence-corrected chi connectivity index (χ0v) is 13.4. The fraction of sp³-hybridized carbons (Fsp3) is 0.231. The average Bonchev–Trinajstić information content (AvgIpc) is 2.43. The minimum absolute atomic E-state index is 0.0805. The normalized spacial score (nSPS) is 17.7. The fourth-order valence-corrected chi connectivity index (χ4v) is 2.82. The minimum atomic E-state index is 0.0805. The van der Waals surface area contributed by atoms with Crippen molar-refractivity contribution in [2.24, 2.45) is 0 Å². The van der Waals surface area contributed by atoms with Gasteiger partial charge in [0, 0.05) is 5.56 Å². The van der Waals surface area contributed by atoms with Gasteiger partial charge in [0.25, 0.3) is 0 Å². The summed E-state index contributed by atoms with van der Waals surface area (Å²) < 4.78 is 6.32. The molecule has 0 saturated heterocycles. The summed E-state index contributed by atoms with van der Waals surface area (Å²) >= 11 is 14.2. The molecule has 1 unspecified atom stereocenters. The highest BCUT2D eigenvalue weighted by molar-refractivity contribution is 14.1. The first-order valence-corrected chi connectivity index (χ1v) is 7.60. The summed E-state index contributed by atoms with van der Waals surface area (Å²) in [5.41, 5.74) is 1.09. The van der Waals surface area contributed by atoms with Crippen LogP contribution < -0.4 is 4.74 Å². The van der Waals surface area contributed by atoms with Crippen molar-refractivity contribution in [2.75, 3.05) is 6.61 Å². The molecular formula is C13H9Cl2IN2O. The maximum absolute atomic E-state index is 6.09. The third kappa shape index (κ3) is 2.53. The number of ether oxygens (including phenoxy) is 1. The molecule has 0 fully saturated rings. The van der Waals surface area contributed by atoms with Crippen LogP contribution in [0.3, 0.4) is 0 Å². The van der Waals surface area contributed by atoms with Crippen LogP contribution in [0, 0.1) is 3.57 Å². The molecule has 6 heteroatoms. The van der Waals surface area contributed by atoms with Gasteiger partial charge >= 0.3 is 0 Å². The molecule has 98 valence electrons. The zero-order chi connectivity index (χ0) is 13.4. The molecule has 3 rings (SSSR count). The number of halogens is 3. The van der Waals surface area contributed by atoms with Crippen molar-refractivity contribution >= 4 is 45.8 Å². The number of hydrogen-bond acceptors (Lipinski definition) is 3. The molecule has 1 aromatic heterocycles. The standard InChI is InChI=1S/C13H9Cl2IN2O/c14-11-10(16)12(15)18-13(17-11)8-5-6-19-9-4-2-1-3-7(8)9/h1-4,8H,5-6H2. The van der Waals surface area contributed by atoms with Gasteiger partial charge in [-0.25, -0.2) is 9.97 Å². The molecule has 0 N–H and O–H groups in total. The Bertz CT molecular complexity index is 613. The number of para-hydroxylation sites is 1. The van der Waals surface area contributed by atoms with Crippen molar-refractivity contribution in [2.45, 2.75) is 12.3 Å². The van der Waals surface area contributed by atoms with Gasteiger partial charge in [0.1, 0.15) is 21.9 Å². The van der Waals surface area contributed by atoms with Crippen molar-refractivity contribution in [3.05, 3.63) is 49.5 Å². The molecule has 0 spiro atoms. The van der Waals surface area contributed by atoms with Gasteiger partial charge in [0.15, 0.2) is 0 Å². The molecule has 19 heavy (non-hydrogen) atoms. The topological polar surface area (TPSA) is 35.0 Å². The van der Waals surface area contributed by atoms with Crippen molar-refractivity contribution in [3.63, 3.8) is 0 Å². The van der Waals surface area contributed by atoms with Gasteiger partial charge in [-0.15, -0.1) is 0 Å². The molecular weight excluding hydrogens is 398 g/mol. The Balaban J connectivity index is 2.09. The first-order chi connectivity index (χ1) is 9.16. The number of fused-ring (bicyclic) bond motifs is 1. The lowest BCUT2D eigenvalue weighted by Gasteiger charge is -2.25. The highest BCUT2D eigenvalue weighted by atomic mass is 127. The van der Waals surface area contributed by atoms with E-state index in [4.69, 9.17) is 27.9 Å². The Morgan fingerprint density at radius 2 is 1.84 bits per heavy atom. The Labute approximate surface area is 134 Å². The van der Waals surface area contributed by atoms with E-state index in [9.17, 15) is 0 Å². The smallest absolute Gasteiger partial charge is 0.147 e.